The summed E-state index contributed by atoms with van der Waals surface area (Å²) in [7, 11) is 0. The topological polar surface area (TPSA) is 96.9 Å². The summed E-state index contributed by atoms with van der Waals surface area (Å²) in [6.07, 6.45) is 1.38. The van der Waals surface area contributed by atoms with Crippen LogP contribution in [0.4, 0.5) is 5.69 Å². The first-order valence-electron chi connectivity index (χ1n) is 9.92. The molecule has 0 aromatic heterocycles. The molecule has 0 saturated heterocycles. The lowest BCUT2D eigenvalue weighted by molar-refractivity contribution is -0.136. The maximum Gasteiger partial charge on any atom is 0.343 e. The number of nitrogens with one attached hydrogen (secondary N) is 2. The van der Waals surface area contributed by atoms with Crippen molar-refractivity contribution in [1.82, 2.24) is 5.43 Å². The van der Waals surface area contributed by atoms with Crippen LogP contribution < -0.4 is 15.5 Å². The number of anilines is 1. The van der Waals surface area contributed by atoms with Crippen molar-refractivity contribution >= 4 is 29.7 Å². The Morgan fingerprint density at radius 1 is 0.781 bits per heavy atom. The molecule has 3 aromatic rings. The lowest BCUT2D eigenvalue weighted by Crippen LogP contribution is -2.32. The van der Waals surface area contributed by atoms with E-state index in [0.717, 1.165) is 16.7 Å². The standard InChI is InChI=1S/C25H23N3O4/c1-16-4-8-20(9-5-16)25(31)32-22-10-6-19(7-11-22)15-26-28-24(30)23(29)27-21-13-17(2)12-18(3)14-21/h4-15H,1-3H3,(H,27,29)(H,28,30)/b26-15+. The Hall–Kier alpha value is -4.26. The van der Waals surface area contributed by atoms with Gasteiger partial charge in [-0.25, -0.2) is 10.2 Å². The summed E-state index contributed by atoms with van der Waals surface area (Å²) in [4.78, 5) is 36.1. The molecule has 3 aromatic carbocycles. The minimum Gasteiger partial charge on any atom is -0.423 e. The monoisotopic (exact) mass is 429 g/mol. The molecule has 0 radical (unpaired) electrons. The van der Waals surface area contributed by atoms with Crippen LogP contribution >= 0.6 is 0 Å². The van der Waals surface area contributed by atoms with E-state index in [2.05, 4.69) is 15.8 Å². The normalized spacial score (nSPS) is 10.6. The van der Waals surface area contributed by atoms with Crippen LogP contribution in [0.1, 0.15) is 32.6 Å². The van der Waals surface area contributed by atoms with Gasteiger partial charge in [0.25, 0.3) is 0 Å². The molecule has 0 aliphatic carbocycles. The van der Waals surface area contributed by atoms with Gasteiger partial charge in [0.2, 0.25) is 0 Å². The SMILES string of the molecule is Cc1ccc(C(=O)Oc2ccc(/C=N/NC(=O)C(=O)Nc3cc(C)cc(C)c3)cc2)cc1. The van der Waals surface area contributed by atoms with E-state index in [0.29, 0.717) is 22.6 Å². The fraction of sp³-hybridized carbons (Fsp3) is 0.120. The highest BCUT2D eigenvalue weighted by Gasteiger charge is 2.13. The van der Waals surface area contributed by atoms with Gasteiger partial charge < -0.3 is 10.1 Å². The van der Waals surface area contributed by atoms with Crippen LogP contribution in [0.2, 0.25) is 0 Å². The van der Waals surface area contributed by atoms with E-state index < -0.39 is 17.8 Å². The molecule has 0 fully saturated rings. The number of hydrogen-bond acceptors (Lipinski definition) is 5. The molecule has 0 atom stereocenters. The minimum atomic E-state index is -0.885. The van der Waals surface area contributed by atoms with Gasteiger partial charge >= 0.3 is 17.8 Å². The second-order valence-electron chi connectivity index (χ2n) is 7.35. The number of benzene rings is 3. The van der Waals surface area contributed by atoms with Crippen molar-refractivity contribution in [2.45, 2.75) is 20.8 Å². The number of aryl methyl sites for hydroxylation is 3. The second kappa shape index (κ2) is 10.2. The third-order valence-electron chi connectivity index (χ3n) is 4.44. The molecule has 0 unspecified atom stereocenters. The van der Waals surface area contributed by atoms with Gasteiger partial charge in [-0.05, 0) is 86.0 Å². The molecule has 7 heteroatoms. The Labute approximate surface area is 186 Å². The maximum atomic E-state index is 12.2. The molecule has 2 amide bonds. The average Bonchev–Trinajstić information content (AvgIpc) is 2.74. The summed E-state index contributed by atoms with van der Waals surface area (Å²) in [6.45, 7) is 5.75. The first-order chi connectivity index (χ1) is 15.3. The highest BCUT2D eigenvalue weighted by molar-refractivity contribution is 6.39. The number of ether oxygens (including phenoxy) is 1. The van der Waals surface area contributed by atoms with Crippen molar-refractivity contribution < 1.29 is 19.1 Å². The fourth-order valence-electron chi connectivity index (χ4n) is 2.93. The number of hydrazone groups is 1. The molecule has 0 aliphatic rings. The largest absolute Gasteiger partial charge is 0.423 e. The van der Waals surface area contributed by atoms with Crippen LogP contribution in [0.5, 0.6) is 5.75 Å². The van der Waals surface area contributed by atoms with Crippen LogP contribution in [0.15, 0.2) is 71.8 Å². The molecule has 0 aliphatic heterocycles. The molecule has 7 nitrogen and oxygen atoms in total. The molecular formula is C25H23N3O4. The zero-order valence-corrected chi connectivity index (χ0v) is 18.0. The van der Waals surface area contributed by atoms with E-state index in [4.69, 9.17) is 4.74 Å². The zero-order valence-electron chi connectivity index (χ0n) is 18.0. The number of rotatable bonds is 5. The number of carbonyl (C=O) groups excluding carboxylic acids is 3. The van der Waals surface area contributed by atoms with E-state index in [1.807, 2.05) is 39.0 Å². The molecule has 0 saturated carbocycles. The van der Waals surface area contributed by atoms with Crippen molar-refractivity contribution in [3.8, 4) is 5.75 Å². The van der Waals surface area contributed by atoms with Gasteiger partial charge in [0, 0.05) is 5.69 Å². The summed E-state index contributed by atoms with van der Waals surface area (Å²) in [5.74, 6) is -1.77. The first kappa shape index (κ1) is 22.4. The van der Waals surface area contributed by atoms with Crippen molar-refractivity contribution in [3.05, 3.63) is 94.5 Å². The third kappa shape index (κ3) is 6.37. The highest BCUT2D eigenvalue weighted by Crippen LogP contribution is 2.15. The first-order valence-corrected chi connectivity index (χ1v) is 9.92. The van der Waals surface area contributed by atoms with Crippen molar-refractivity contribution in [2.24, 2.45) is 5.10 Å². The molecule has 162 valence electrons. The number of esters is 1. The Bertz CT molecular complexity index is 1150. The second-order valence-corrected chi connectivity index (χ2v) is 7.35. The molecular weight excluding hydrogens is 406 g/mol. The van der Waals surface area contributed by atoms with E-state index in [1.54, 1.807) is 48.5 Å². The Balaban J connectivity index is 1.51. The fourth-order valence-corrected chi connectivity index (χ4v) is 2.93. The van der Waals surface area contributed by atoms with Crippen molar-refractivity contribution in [1.29, 1.82) is 0 Å². The predicted octanol–water partition coefficient (Wildman–Crippen LogP) is 3.92. The third-order valence-corrected chi connectivity index (χ3v) is 4.44. The summed E-state index contributed by atoms with van der Waals surface area (Å²) in [5.41, 5.74) is 6.85. The molecule has 3 rings (SSSR count). The molecule has 0 bridgehead atoms. The zero-order chi connectivity index (χ0) is 23.1. The van der Waals surface area contributed by atoms with Crippen LogP contribution in [-0.2, 0) is 9.59 Å². The lowest BCUT2D eigenvalue weighted by atomic mass is 10.1. The summed E-state index contributed by atoms with van der Waals surface area (Å²) >= 11 is 0. The van der Waals surface area contributed by atoms with Gasteiger partial charge in [-0.15, -0.1) is 0 Å². The number of amides is 2. The smallest absolute Gasteiger partial charge is 0.343 e. The van der Waals surface area contributed by atoms with E-state index in [1.165, 1.54) is 6.21 Å². The molecule has 0 spiro atoms. The van der Waals surface area contributed by atoms with Gasteiger partial charge in [0.05, 0.1) is 11.8 Å². The van der Waals surface area contributed by atoms with Crippen molar-refractivity contribution in [2.75, 3.05) is 5.32 Å². The van der Waals surface area contributed by atoms with Crippen LogP contribution in [0, 0.1) is 20.8 Å². The van der Waals surface area contributed by atoms with E-state index in [-0.39, 0.29) is 0 Å². The van der Waals surface area contributed by atoms with E-state index in [9.17, 15) is 14.4 Å². The van der Waals surface area contributed by atoms with Gasteiger partial charge in [0.1, 0.15) is 5.75 Å². The summed E-state index contributed by atoms with van der Waals surface area (Å²) < 4.78 is 5.34. The Morgan fingerprint density at radius 3 is 2.03 bits per heavy atom. The molecule has 0 heterocycles. The minimum absolute atomic E-state index is 0.379. The Kier molecular flexibility index (Phi) is 7.13. The number of hydrogen-bond donors (Lipinski definition) is 2. The van der Waals surface area contributed by atoms with Crippen LogP contribution in [-0.4, -0.2) is 24.0 Å². The highest BCUT2D eigenvalue weighted by atomic mass is 16.5. The van der Waals surface area contributed by atoms with Crippen LogP contribution in [0.3, 0.4) is 0 Å². The molecule has 2 N–H and O–H groups in total. The van der Waals surface area contributed by atoms with Gasteiger partial charge in [0.15, 0.2) is 0 Å². The molecule has 32 heavy (non-hydrogen) atoms. The quantitative estimate of drug-likeness (QED) is 0.211. The van der Waals surface area contributed by atoms with Crippen LogP contribution in [0.25, 0.3) is 0 Å². The maximum absolute atomic E-state index is 12.2. The van der Waals surface area contributed by atoms with Gasteiger partial charge in [-0.2, -0.15) is 5.10 Å². The lowest BCUT2D eigenvalue weighted by Gasteiger charge is -2.06. The average molecular weight is 429 g/mol. The Morgan fingerprint density at radius 2 is 1.41 bits per heavy atom. The van der Waals surface area contributed by atoms with Gasteiger partial charge in [-0.3, -0.25) is 9.59 Å². The number of nitrogens with zero attached hydrogens (tertiary/aromatic N) is 1. The number of carbonyl (C=O) groups is 3. The summed E-state index contributed by atoms with van der Waals surface area (Å²) in [6, 6.07) is 19.2. The van der Waals surface area contributed by atoms with E-state index >= 15 is 0 Å². The predicted molar refractivity (Wildman–Crippen MR) is 123 cm³/mol. The summed E-state index contributed by atoms with van der Waals surface area (Å²) in [5, 5.41) is 6.33. The van der Waals surface area contributed by atoms with Crippen molar-refractivity contribution in [3.63, 3.8) is 0 Å². The van der Waals surface area contributed by atoms with Gasteiger partial charge in [-0.1, -0.05) is 23.8 Å².